The molecule has 2 aliphatic carbocycles. The van der Waals surface area contributed by atoms with E-state index in [1.807, 2.05) is 54.6 Å². The smallest absolute Gasteiger partial charge is 0.186 e. The van der Waals surface area contributed by atoms with E-state index in [1.165, 1.54) is 0 Å². The average molecular weight is 747 g/mol. The molecule has 0 amide bonds. The van der Waals surface area contributed by atoms with E-state index in [-0.39, 0.29) is 33.2 Å². The van der Waals surface area contributed by atoms with Crippen LogP contribution in [0, 0.1) is 21.7 Å². The van der Waals surface area contributed by atoms with Crippen molar-refractivity contribution in [1.82, 2.24) is 0 Å². The number of ketones is 2. The van der Waals surface area contributed by atoms with Gasteiger partial charge in [0.25, 0.3) is 0 Å². The van der Waals surface area contributed by atoms with Gasteiger partial charge < -0.3 is 0 Å². The van der Waals surface area contributed by atoms with Crippen LogP contribution in [0.4, 0.5) is 11.4 Å². The maximum atomic E-state index is 13.3. The van der Waals surface area contributed by atoms with Crippen LogP contribution in [0.2, 0.25) is 0 Å². The summed E-state index contributed by atoms with van der Waals surface area (Å²) >= 11 is 0. The van der Waals surface area contributed by atoms with E-state index in [0.29, 0.717) is 0 Å². The molecule has 6 heteroatoms. The van der Waals surface area contributed by atoms with Gasteiger partial charge in [-0.3, -0.25) is 9.59 Å². The maximum Gasteiger partial charge on any atom is 0.186 e. The van der Waals surface area contributed by atoms with Crippen molar-refractivity contribution >= 4 is 22.9 Å². The van der Waals surface area contributed by atoms with Crippen molar-refractivity contribution in [2.75, 3.05) is 0 Å². The Labute approximate surface area is 334 Å². The molecule has 290 valence electrons. The van der Waals surface area contributed by atoms with E-state index in [1.54, 1.807) is 12.4 Å². The summed E-state index contributed by atoms with van der Waals surface area (Å²) in [5.41, 5.74) is 8.05. The Hall–Kier alpha value is -5.36. The lowest BCUT2D eigenvalue weighted by molar-refractivity contribution is -0.114. The van der Waals surface area contributed by atoms with Gasteiger partial charge in [0.15, 0.2) is 11.6 Å². The normalized spacial score (nSPS) is 17.1. The fourth-order valence-corrected chi connectivity index (χ4v) is 7.00. The minimum atomic E-state index is -0.468. The third-order valence-electron chi connectivity index (χ3n) is 10.5. The first kappa shape index (κ1) is 41.8. The second-order valence-corrected chi connectivity index (χ2v) is 19.2. The second kappa shape index (κ2) is 15.6. The zero-order chi connectivity index (χ0) is 41.3. The molecule has 0 aliphatic heterocycles. The van der Waals surface area contributed by atoms with Gasteiger partial charge in [0.05, 0.1) is 23.8 Å². The van der Waals surface area contributed by atoms with Gasteiger partial charge in [0, 0.05) is 27.7 Å². The zero-order valence-electron chi connectivity index (χ0n) is 35.6. The molecule has 0 unspecified atom stereocenters. The van der Waals surface area contributed by atoms with Gasteiger partial charge in [-0.2, -0.15) is 20.5 Å². The molecule has 3 aromatic carbocycles. The predicted molar refractivity (Wildman–Crippen MR) is 230 cm³/mol. The number of hydrogen-bond acceptors (Lipinski definition) is 6. The summed E-state index contributed by atoms with van der Waals surface area (Å²) in [5.74, 6) is 0.198. The van der Waals surface area contributed by atoms with Crippen molar-refractivity contribution in [1.29, 1.82) is 0 Å². The molecule has 0 radical (unpaired) electrons. The van der Waals surface area contributed by atoms with Crippen molar-refractivity contribution in [3.05, 3.63) is 166 Å². The molecule has 0 bridgehead atoms. The summed E-state index contributed by atoms with van der Waals surface area (Å²) in [6.45, 7) is 27.0. The third kappa shape index (κ3) is 9.35. The molecule has 0 fully saturated rings. The summed E-state index contributed by atoms with van der Waals surface area (Å²) in [7, 11) is 0. The number of carbonyl (C=O) groups is 2. The fraction of sp³-hybridized carbons (Fsp3) is 0.360. The first-order valence-electron chi connectivity index (χ1n) is 19.5. The van der Waals surface area contributed by atoms with Gasteiger partial charge >= 0.3 is 0 Å². The molecule has 6 nitrogen and oxygen atoms in total. The number of benzene rings is 3. The van der Waals surface area contributed by atoms with E-state index < -0.39 is 5.41 Å². The lowest BCUT2D eigenvalue weighted by Crippen LogP contribution is -2.27. The largest absolute Gasteiger partial charge is 0.289 e. The minimum Gasteiger partial charge on any atom is -0.289 e. The molecule has 0 saturated heterocycles. The molecule has 56 heavy (non-hydrogen) atoms. The molecule has 0 N–H and O–H groups in total. The summed E-state index contributed by atoms with van der Waals surface area (Å²) in [5, 5.41) is 17.9. The first-order valence-corrected chi connectivity index (χ1v) is 19.5. The highest BCUT2D eigenvalue weighted by Crippen LogP contribution is 2.42. The monoisotopic (exact) mass is 746 g/mol. The molecule has 0 aromatic heterocycles. The standard InChI is InChI=1S/C50H58N4O2/c1-46(2,3)40-27-33(28-41(44(40)55)47(4,5)6)31-51-53-38-23-19-36(20-24-38)50(13,35-17-15-14-16-18-35)37-21-25-39(26-22-37)54-52-32-34-29-42(48(7,8)9)45(56)43(30-34)49(10,11)12/h14-32H,1-13H3. The molecule has 5 rings (SSSR count). The molecular formula is C50H58N4O2. The Kier molecular flexibility index (Phi) is 11.7. The van der Waals surface area contributed by atoms with Crippen LogP contribution >= 0.6 is 0 Å². The zero-order valence-corrected chi connectivity index (χ0v) is 35.6. The quantitative estimate of drug-likeness (QED) is 0.178. The molecule has 0 atom stereocenters. The number of nitrogens with zero attached hydrogens (tertiary/aromatic N) is 4. The van der Waals surface area contributed by atoms with E-state index in [2.05, 4.69) is 159 Å². The molecular weight excluding hydrogens is 689 g/mol. The van der Waals surface area contributed by atoms with Gasteiger partial charge in [-0.1, -0.05) is 138 Å². The van der Waals surface area contributed by atoms with Gasteiger partial charge in [0.2, 0.25) is 0 Å². The van der Waals surface area contributed by atoms with Crippen molar-refractivity contribution in [3.8, 4) is 0 Å². The number of carbonyl (C=O) groups excluding carboxylic acids is 2. The summed E-state index contributed by atoms with van der Waals surface area (Å²) < 4.78 is 0. The Morgan fingerprint density at radius 1 is 0.393 bits per heavy atom. The van der Waals surface area contributed by atoms with Crippen LogP contribution in [-0.2, 0) is 15.0 Å². The highest BCUT2D eigenvalue weighted by atomic mass is 16.1. The van der Waals surface area contributed by atoms with Crippen molar-refractivity contribution in [2.24, 2.45) is 42.1 Å². The number of rotatable bonds is 7. The number of hydrogen-bond donors (Lipinski definition) is 0. The summed E-state index contributed by atoms with van der Waals surface area (Å²) in [6, 6.07) is 26.9. The summed E-state index contributed by atoms with van der Waals surface area (Å²) in [6.07, 6.45) is 11.2. The lowest BCUT2D eigenvalue weighted by Gasteiger charge is -2.32. The summed E-state index contributed by atoms with van der Waals surface area (Å²) in [4.78, 5) is 26.7. The molecule has 0 heterocycles. The van der Waals surface area contributed by atoms with E-state index in [4.69, 9.17) is 0 Å². The van der Waals surface area contributed by atoms with Crippen LogP contribution in [0.5, 0.6) is 0 Å². The van der Waals surface area contributed by atoms with Crippen molar-refractivity contribution < 1.29 is 9.59 Å². The number of azo groups is 2. The van der Waals surface area contributed by atoms with Gasteiger partial charge in [-0.05, 0) is 105 Å². The van der Waals surface area contributed by atoms with Crippen molar-refractivity contribution in [2.45, 2.75) is 95.4 Å². The fourth-order valence-electron chi connectivity index (χ4n) is 7.00. The predicted octanol–water partition coefficient (Wildman–Crippen LogP) is 14.0. The van der Waals surface area contributed by atoms with Crippen molar-refractivity contribution in [3.63, 3.8) is 0 Å². The van der Waals surface area contributed by atoms with Crippen LogP contribution in [-0.4, -0.2) is 11.6 Å². The minimum absolute atomic E-state index is 0.0989. The average Bonchev–Trinajstić information content (AvgIpc) is 3.11. The van der Waals surface area contributed by atoms with E-state index >= 15 is 0 Å². The lowest BCUT2D eigenvalue weighted by atomic mass is 9.71. The van der Waals surface area contributed by atoms with Gasteiger partial charge in [0.1, 0.15) is 0 Å². The Bertz CT molecular complexity index is 2020. The number of allylic oxidation sites excluding steroid dienone is 10. The third-order valence-corrected chi connectivity index (χ3v) is 10.5. The maximum absolute atomic E-state index is 13.3. The van der Waals surface area contributed by atoms with Gasteiger partial charge in [-0.25, -0.2) is 0 Å². The van der Waals surface area contributed by atoms with Crippen LogP contribution < -0.4 is 0 Å². The van der Waals surface area contributed by atoms with Crippen LogP contribution in [0.1, 0.15) is 107 Å². The van der Waals surface area contributed by atoms with E-state index in [0.717, 1.165) is 61.5 Å². The van der Waals surface area contributed by atoms with Crippen LogP contribution in [0.3, 0.4) is 0 Å². The first-order chi connectivity index (χ1) is 26.0. The number of Topliss-reactive ketones (excluding diaryl/α,β-unsaturated/α-hetero) is 2. The Balaban J connectivity index is 1.42. The molecule has 3 aromatic rings. The molecule has 0 saturated carbocycles. The highest BCUT2D eigenvalue weighted by Gasteiger charge is 2.36. The SMILES string of the molecule is CC(C)(C)C1=CC(=CN=Nc2ccc(C(C)(c3ccccc3)c3ccc(N=NC=C4C=C(C(C)(C)C)C(=O)C(C(C)(C)C)=C4)cc3)cc2)C=C(C(C)(C)C)C1=O. The van der Waals surface area contributed by atoms with Gasteiger partial charge in [-0.15, -0.1) is 0 Å². The topological polar surface area (TPSA) is 83.6 Å². The van der Waals surface area contributed by atoms with Crippen LogP contribution in [0.25, 0.3) is 0 Å². The molecule has 2 aliphatic rings. The highest BCUT2D eigenvalue weighted by molar-refractivity contribution is 6.12. The molecule has 0 spiro atoms. The Morgan fingerprint density at radius 2 is 0.679 bits per heavy atom. The van der Waals surface area contributed by atoms with Crippen LogP contribution in [0.15, 0.2) is 169 Å². The second-order valence-electron chi connectivity index (χ2n) is 19.2. The Morgan fingerprint density at radius 3 is 0.964 bits per heavy atom. The van der Waals surface area contributed by atoms with E-state index in [9.17, 15) is 9.59 Å².